The number of nitrogens with one attached hydrogen (secondary N) is 1. The molecule has 0 fully saturated rings. The van der Waals surface area contributed by atoms with Crippen molar-refractivity contribution in [1.29, 1.82) is 0 Å². The molecule has 2 heterocycles. The summed E-state index contributed by atoms with van der Waals surface area (Å²) in [4.78, 5) is 16.9. The Bertz CT molecular complexity index is 1120. The fourth-order valence-corrected chi connectivity index (χ4v) is 4.13. The van der Waals surface area contributed by atoms with Crippen LogP contribution in [0.25, 0.3) is 11.5 Å². The summed E-state index contributed by atoms with van der Waals surface area (Å²) in [6, 6.07) is 7.55. The highest BCUT2D eigenvalue weighted by molar-refractivity contribution is 7.89. The molecule has 0 spiro atoms. The van der Waals surface area contributed by atoms with Gasteiger partial charge in [0.1, 0.15) is 11.5 Å². The lowest BCUT2D eigenvalue weighted by Gasteiger charge is -2.13. The number of aromatic nitrogens is 1. The van der Waals surface area contributed by atoms with Gasteiger partial charge < -0.3 is 9.73 Å². The second kappa shape index (κ2) is 8.04. The number of thiazole rings is 1. The van der Waals surface area contributed by atoms with Gasteiger partial charge >= 0.3 is 0 Å². The molecule has 0 saturated carbocycles. The van der Waals surface area contributed by atoms with Gasteiger partial charge in [-0.3, -0.25) is 4.79 Å². The van der Waals surface area contributed by atoms with E-state index in [0.29, 0.717) is 11.5 Å². The van der Waals surface area contributed by atoms with Crippen LogP contribution in [0.1, 0.15) is 21.1 Å². The van der Waals surface area contributed by atoms with Gasteiger partial charge in [0, 0.05) is 19.5 Å². The number of amides is 1. The Labute approximate surface area is 172 Å². The van der Waals surface area contributed by atoms with E-state index < -0.39 is 15.9 Å². The van der Waals surface area contributed by atoms with E-state index in [1.807, 2.05) is 12.3 Å². The topological polar surface area (TPSA) is 92.5 Å². The second-order valence-corrected chi connectivity index (χ2v) is 9.75. The Morgan fingerprint density at radius 3 is 2.68 bits per heavy atom. The van der Waals surface area contributed by atoms with Gasteiger partial charge in [-0.15, -0.1) is 11.3 Å². The summed E-state index contributed by atoms with van der Waals surface area (Å²) in [7, 11) is -0.835. The molecule has 1 N–H and O–H groups in total. The third-order valence-corrected chi connectivity index (χ3v) is 6.83. The van der Waals surface area contributed by atoms with Gasteiger partial charge in [-0.25, -0.2) is 17.7 Å². The van der Waals surface area contributed by atoms with Crippen molar-refractivity contribution in [2.45, 2.75) is 18.4 Å². The average molecular weight is 440 g/mol. The van der Waals surface area contributed by atoms with Crippen LogP contribution in [0.4, 0.5) is 0 Å². The normalized spacial score (nSPS) is 11.8. The maximum atomic E-state index is 12.5. The summed E-state index contributed by atoms with van der Waals surface area (Å²) >= 11 is 7.61. The zero-order chi connectivity index (χ0) is 20.5. The molecular formula is C18H18ClN3O4S2. The summed E-state index contributed by atoms with van der Waals surface area (Å²) in [5.74, 6) is 0.663. The monoisotopic (exact) mass is 439 g/mol. The van der Waals surface area contributed by atoms with Crippen molar-refractivity contribution in [2.75, 3.05) is 14.1 Å². The fourth-order valence-electron chi connectivity index (χ4n) is 2.40. The number of aryl methyl sites for hydroxylation is 1. The van der Waals surface area contributed by atoms with Crippen LogP contribution in [0, 0.1) is 6.92 Å². The van der Waals surface area contributed by atoms with Gasteiger partial charge in [0.25, 0.3) is 5.91 Å². The van der Waals surface area contributed by atoms with Crippen molar-refractivity contribution in [3.8, 4) is 11.5 Å². The molecule has 1 amide bonds. The Hall–Kier alpha value is -2.20. The van der Waals surface area contributed by atoms with Gasteiger partial charge in [-0.05, 0) is 37.3 Å². The zero-order valence-corrected chi connectivity index (χ0v) is 17.8. The van der Waals surface area contributed by atoms with Gasteiger partial charge in [0.15, 0.2) is 5.76 Å². The second-order valence-electron chi connectivity index (χ2n) is 6.13. The number of halogens is 1. The van der Waals surface area contributed by atoms with Crippen molar-refractivity contribution >= 4 is 38.9 Å². The van der Waals surface area contributed by atoms with Gasteiger partial charge in [0.2, 0.25) is 10.0 Å². The van der Waals surface area contributed by atoms with E-state index >= 15 is 0 Å². The minimum Gasteiger partial charge on any atom is -0.458 e. The quantitative estimate of drug-likeness (QED) is 0.634. The van der Waals surface area contributed by atoms with E-state index in [2.05, 4.69) is 10.3 Å². The third-order valence-electron chi connectivity index (χ3n) is 3.92. The van der Waals surface area contributed by atoms with Crippen LogP contribution < -0.4 is 5.32 Å². The largest absolute Gasteiger partial charge is 0.458 e. The molecule has 0 radical (unpaired) electrons. The number of carbonyl (C=O) groups excluding carboxylic acids is 1. The number of sulfonamides is 1. The standard InChI is InChI=1S/C18H18ClN3O4S2/c1-11-21-16(10-27-11)17-7-4-12(26-17)9-20-18(23)14-8-13(5-6-15(14)19)28(24,25)22(2)3/h4-8,10H,9H2,1-3H3,(H,20,23). The lowest BCUT2D eigenvalue weighted by Crippen LogP contribution is -2.25. The summed E-state index contributed by atoms with van der Waals surface area (Å²) < 4.78 is 31.3. The SMILES string of the molecule is Cc1nc(-c2ccc(CNC(=O)c3cc(S(=O)(=O)N(C)C)ccc3Cl)o2)cs1. The van der Waals surface area contributed by atoms with Crippen LogP contribution in [-0.4, -0.2) is 37.7 Å². The third kappa shape index (κ3) is 4.27. The average Bonchev–Trinajstić information content (AvgIpc) is 3.28. The van der Waals surface area contributed by atoms with E-state index in [1.54, 1.807) is 12.1 Å². The lowest BCUT2D eigenvalue weighted by molar-refractivity contribution is 0.0948. The van der Waals surface area contributed by atoms with Crippen molar-refractivity contribution in [2.24, 2.45) is 0 Å². The fraction of sp³-hybridized carbons (Fsp3) is 0.222. The van der Waals surface area contributed by atoms with Gasteiger partial charge in [0.05, 0.1) is 27.0 Å². The number of rotatable bonds is 6. The molecule has 10 heteroatoms. The smallest absolute Gasteiger partial charge is 0.253 e. The molecular weight excluding hydrogens is 422 g/mol. The number of nitrogens with zero attached hydrogens (tertiary/aromatic N) is 2. The lowest BCUT2D eigenvalue weighted by atomic mass is 10.2. The van der Waals surface area contributed by atoms with Crippen LogP contribution in [0.5, 0.6) is 0 Å². The highest BCUT2D eigenvalue weighted by Crippen LogP contribution is 2.25. The van der Waals surface area contributed by atoms with Gasteiger partial charge in [-0.1, -0.05) is 11.6 Å². The summed E-state index contributed by atoms with van der Waals surface area (Å²) in [6.45, 7) is 2.04. The summed E-state index contributed by atoms with van der Waals surface area (Å²) in [5, 5.41) is 5.68. The van der Waals surface area contributed by atoms with Crippen LogP contribution in [-0.2, 0) is 16.6 Å². The minimum absolute atomic E-state index is 0.00811. The van der Waals surface area contributed by atoms with Crippen molar-refractivity contribution in [3.63, 3.8) is 0 Å². The van der Waals surface area contributed by atoms with E-state index in [4.69, 9.17) is 16.0 Å². The Morgan fingerprint density at radius 1 is 1.29 bits per heavy atom. The Kier molecular flexibility index (Phi) is 5.90. The molecule has 0 atom stereocenters. The maximum absolute atomic E-state index is 12.5. The molecule has 1 aromatic carbocycles. The highest BCUT2D eigenvalue weighted by atomic mass is 35.5. The molecule has 0 aliphatic heterocycles. The first-order valence-electron chi connectivity index (χ1n) is 8.20. The van der Waals surface area contributed by atoms with E-state index in [-0.39, 0.29) is 22.0 Å². The number of hydrogen-bond donors (Lipinski definition) is 1. The molecule has 28 heavy (non-hydrogen) atoms. The number of furan rings is 1. The highest BCUT2D eigenvalue weighted by Gasteiger charge is 2.21. The molecule has 2 aromatic heterocycles. The minimum atomic E-state index is -3.67. The Morgan fingerprint density at radius 2 is 2.04 bits per heavy atom. The van der Waals surface area contributed by atoms with Crippen LogP contribution in [0.3, 0.4) is 0 Å². The van der Waals surface area contributed by atoms with Crippen LogP contribution in [0.15, 0.2) is 45.0 Å². The molecule has 0 saturated heterocycles. The molecule has 0 bridgehead atoms. The van der Waals surface area contributed by atoms with E-state index in [9.17, 15) is 13.2 Å². The van der Waals surface area contributed by atoms with E-state index in [0.717, 1.165) is 15.0 Å². The zero-order valence-electron chi connectivity index (χ0n) is 15.4. The molecule has 148 valence electrons. The number of hydrogen-bond acceptors (Lipinski definition) is 6. The van der Waals surface area contributed by atoms with Gasteiger partial charge in [-0.2, -0.15) is 0 Å². The van der Waals surface area contributed by atoms with Crippen LogP contribution in [0.2, 0.25) is 5.02 Å². The first kappa shape index (κ1) is 20.5. The van der Waals surface area contributed by atoms with Crippen molar-refractivity contribution in [3.05, 3.63) is 57.1 Å². The number of benzene rings is 1. The molecule has 3 aromatic rings. The first-order valence-corrected chi connectivity index (χ1v) is 10.9. The molecule has 7 nitrogen and oxygen atoms in total. The predicted molar refractivity (Wildman–Crippen MR) is 108 cm³/mol. The molecule has 0 aliphatic rings. The maximum Gasteiger partial charge on any atom is 0.253 e. The van der Waals surface area contributed by atoms with Crippen LogP contribution >= 0.6 is 22.9 Å². The predicted octanol–water partition coefficient (Wildman–Crippen LogP) is 3.55. The Balaban J connectivity index is 1.74. The molecule has 3 rings (SSSR count). The number of carbonyl (C=O) groups is 1. The van der Waals surface area contributed by atoms with E-state index in [1.165, 1.54) is 43.6 Å². The first-order chi connectivity index (χ1) is 13.2. The molecule has 0 aliphatic carbocycles. The summed E-state index contributed by atoms with van der Waals surface area (Å²) in [5.41, 5.74) is 0.816. The van der Waals surface area contributed by atoms with Crippen molar-refractivity contribution < 1.29 is 17.6 Å². The summed E-state index contributed by atoms with van der Waals surface area (Å²) in [6.07, 6.45) is 0. The molecule has 0 unspecified atom stereocenters. The van der Waals surface area contributed by atoms with Crippen molar-refractivity contribution in [1.82, 2.24) is 14.6 Å².